The maximum absolute atomic E-state index is 13.5. The summed E-state index contributed by atoms with van der Waals surface area (Å²) in [5.74, 6) is -1.70. The first-order chi connectivity index (χ1) is 17.2. The van der Waals surface area contributed by atoms with Crippen LogP contribution in [-0.4, -0.2) is 21.8 Å². The van der Waals surface area contributed by atoms with Crippen LogP contribution in [0.3, 0.4) is 0 Å². The van der Waals surface area contributed by atoms with Crippen molar-refractivity contribution in [3.8, 4) is 34.5 Å². The first-order valence-electron chi connectivity index (χ1n) is 11.0. The van der Waals surface area contributed by atoms with E-state index in [4.69, 9.17) is 20.9 Å². The van der Waals surface area contributed by atoms with Crippen molar-refractivity contribution in [1.82, 2.24) is 0 Å². The summed E-state index contributed by atoms with van der Waals surface area (Å²) in [7, 11) is 0. The summed E-state index contributed by atoms with van der Waals surface area (Å²) >= 11 is 0. The Balaban J connectivity index is 1.63. The Hall–Kier alpha value is -4.98. The highest BCUT2D eigenvalue weighted by Crippen LogP contribution is 2.48. The molecule has 8 heteroatoms. The molecule has 1 aliphatic rings. The summed E-state index contributed by atoms with van der Waals surface area (Å²) in [6.45, 7) is 3.76. The fourth-order valence-electron chi connectivity index (χ4n) is 4.28. The van der Waals surface area contributed by atoms with Gasteiger partial charge in [0, 0.05) is 12.1 Å². The van der Waals surface area contributed by atoms with Crippen LogP contribution in [0.25, 0.3) is 0 Å². The lowest BCUT2D eigenvalue weighted by molar-refractivity contribution is 0.0975. The lowest BCUT2D eigenvalue weighted by Crippen LogP contribution is -2.24. The number of hydrogen-bond donors (Lipinski definition) is 4. The van der Waals surface area contributed by atoms with Crippen molar-refractivity contribution in [1.29, 1.82) is 0 Å². The van der Waals surface area contributed by atoms with Crippen LogP contribution in [0.2, 0.25) is 0 Å². The molecule has 0 heterocycles. The minimum atomic E-state index is -0.770. The molecule has 0 amide bonds. The fraction of sp³-hybridized carbons (Fsp3) is 0.0714. The van der Waals surface area contributed by atoms with Crippen LogP contribution in [0, 0.1) is 13.8 Å². The van der Waals surface area contributed by atoms with Crippen molar-refractivity contribution in [2.24, 2.45) is 0 Å². The summed E-state index contributed by atoms with van der Waals surface area (Å²) in [5.41, 5.74) is 12.9. The summed E-state index contributed by atoms with van der Waals surface area (Å²) < 4.78 is 11.6. The summed E-state index contributed by atoms with van der Waals surface area (Å²) in [4.78, 5) is 27.0. The maximum Gasteiger partial charge on any atom is 0.200 e. The number of benzene rings is 4. The molecule has 0 saturated carbocycles. The molecule has 0 unspecified atom stereocenters. The predicted octanol–water partition coefficient (Wildman–Crippen LogP) is 5.24. The van der Waals surface area contributed by atoms with Crippen molar-refractivity contribution in [3.05, 3.63) is 94.0 Å². The molecule has 0 radical (unpaired) electrons. The number of hydrogen-bond acceptors (Lipinski definition) is 8. The van der Waals surface area contributed by atoms with Crippen LogP contribution < -0.4 is 20.9 Å². The first-order valence-corrected chi connectivity index (χ1v) is 11.0. The largest absolute Gasteiger partial charge is 0.507 e. The Morgan fingerprint density at radius 3 is 1.36 bits per heavy atom. The minimum Gasteiger partial charge on any atom is -0.507 e. The number of nitrogens with two attached hydrogens (primary N) is 2. The molecule has 5 rings (SSSR count). The minimum absolute atomic E-state index is 0.00619. The van der Waals surface area contributed by atoms with E-state index in [0.29, 0.717) is 11.5 Å². The number of carbonyl (C=O) groups excluding carboxylic acids is 2. The third-order valence-corrected chi connectivity index (χ3v) is 5.96. The fourth-order valence-corrected chi connectivity index (χ4v) is 4.28. The van der Waals surface area contributed by atoms with Crippen LogP contribution >= 0.6 is 0 Å². The molecular weight excluding hydrogens is 460 g/mol. The van der Waals surface area contributed by atoms with E-state index in [1.165, 1.54) is 12.1 Å². The van der Waals surface area contributed by atoms with E-state index < -0.39 is 23.1 Å². The third kappa shape index (κ3) is 3.65. The van der Waals surface area contributed by atoms with Crippen LogP contribution in [-0.2, 0) is 0 Å². The van der Waals surface area contributed by atoms with Crippen LogP contribution in [0.5, 0.6) is 34.5 Å². The Kier molecular flexibility index (Phi) is 5.29. The van der Waals surface area contributed by atoms with Crippen molar-refractivity contribution < 1.29 is 29.3 Å². The quantitative estimate of drug-likeness (QED) is 0.201. The Morgan fingerprint density at radius 1 is 0.611 bits per heavy atom. The number of phenolic OH excluding ortho intramolecular Hbond substituents is 2. The van der Waals surface area contributed by atoms with Crippen LogP contribution in [0.1, 0.15) is 43.0 Å². The standard InChI is InChI=1S/C28H22N2O6/c1-13-5-3-7-15(9-13)35-19-11-17(31)21-23(25(19)29)27(33)22-18(32)12-20(26(30)24(22)28(21)34)36-16-8-4-6-14(2)10-16/h3-12,31-32H,29-30H2,1-2H3. The number of aryl methyl sites for hydroxylation is 2. The molecule has 1 aliphatic carbocycles. The van der Waals surface area contributed by atoms with Gasteiger partial charge in [-0.1, -0.05) is 24.3 Å². The van der Waals surface area contributed by atoms with E-state index in [1.807, 2.05) is 26.0 Å². The predicted molar refractivity (Wildman–Crippen MR) is 134 cm³/mol. The van der Waals surface area contributed by atoms with Crippen molar-refractivity contribution in [3.63, 3.8) is 0 Å². The van der Waals surface area contributed by atoms with Gasteiger partial charge in [-0.15, -0.1) is 0 Å². The van der Waals surface area contributed by atoms with Crippen molar-refractivity contribution in [2.45, 2.75) is 13.8 Å². The third-order valence-electron chi connectivity index (χ3n) is 5.96. The van der Waals surface area contributed by atoms with E-state index in [1.54, 1.807) is 36.4 Å². The van der Waals surface area contributed by atoms with Crippen LogP contribution in [0.15, 0.2) is 60.7 Å². The van der Waals surface area contributed by atoms with Gasteiger partial charge in [-0.3, -0.25) is 9.59 Å². The molecule has 0 bridgehead atoms. The number of fused-ring (bicyclic) bond motifs is 2. The number of carbonyl (C=O) groups is 2. The topological polar surface area (TPSA) is 145 Å². The zero-order valence-corrected chi connectivity index (χ0v) is 19.5. The lowest BCUT2D eigenvalue weighted by Gasteiger charge is -2.24. The highest BCUT2D eigenvalue weighted by Gasteiger charge is 2.39. The number of anilines is 2. The zero-order valence-electron chi connectivity index (χ0n) is 19.5. The summed E-state index contributed by atoms with van der Waals surface area (Å²) in [6, 6.07) is 16.5. The van der Waals surface area contributed by atoms with Gasteiger partial charge in [-0.25, -0.2) is 0 Å². The van der Waals surface area contributed by atoms with E-state index in [0.717, 1.165) is 11.1 Å². The molecule has 4 aromatic carbocycles. The smallest absolute Gasteiger partial charge is 0.200 e. The number of ether oxygens (including phenoxy) is 2. The molecular formula is C28H22N2O6. The van der Waals surface area contributed by atoms with Gasteiger partial charge in [-0.2, -0.15) is 0 Å². The molecule has 0 aliphatic heterocycles. The van der Waals surface area contributed by atoms with Gasteiger partial charge < -0.3 is 31.2 Å². The number of phenols is 2. The van der Waals surface area contributed by atoms with Gasteiger partial charge in [0.15, 0.2) is 11.5 Å². The molecule has 36 heavy (non-hydrogen) atoms. The molecule has 0 atom stereocenters. The second kappa shape index (κ2) is 8.35. The second-order valence-corrected chi connectivity index (χ2v) is 8.61. The van der Waals surface area contributed by atoms with Gasteiger partial charge in [0.1, 0.15) is 23.0 Å². The lowest BCUT2D eigenvalue weighted by atomic mass is 9.81. The van der Waals surface area contributed by atoms with Gasteiger partial charge in [0.2, 0.25) is 11.6 Å². The number of ketones is 2. The van der Waals surface area contributed by atoms with E-state index >= 15 is 0 Å². The highest BCUT2D eigenvalue weighted by molar-refractivity contribution is 6.34. The Labute approximate surface area is 206 Å². The number of aromatic hydroxyl groups is 2. The zero-order chi connectivity index (χ0) is 25.7. The first kappa shape index (κ1) is 22.8. The average Bonchev–Trinajstić information content (AvgIpc) is 2.81. The molecule has 4 aromatic rings. The molecule has 8 nitrogen and oxygen atoms in total. The van der Waals surface area contributed by atoms with Gasteiger partial charge in [0.05, 0.1) is 33.6 Å². The SMILES string of the molecule is Cc1cccc(Oc2cc(O)c3c(c2N)C(=O)c2c(O)cc(Oc4cccc(C)c4)c(N)c2C3=O)c1. The number of nitrogen functional groups attached to an aromatic ring is 2. The molecule has 0 spiro atoms. The monoisotopic (exact) mass is 482 g/mol. The van der Waals surface area contributed by atoms with E-state index in [-0.39, 0.29) is 45.1 Å². The van der Waals surface area contributed by atoms with E-state index in [2.05, 4.69) is 0 Å². The molecule has 6 N–H and O–H groups in total. The van der Waals surface area contributed by atoms with E-state index in [9.17, 15) is 19.8 Å². The maximum atomic E-state index is 13.5. The molecule has 0 saturated heterocycles. The van der Waals surface area contributed by atoms with Gasteiger partial charge >= 0.3 is 0 Å². The Bertz CT molecular complexity index is 1470. The second-order valence-electron chi connectivity index (χ2n) is 8.61. The average molecular weight is 482 g/mol. The summed E-state index contributed by atoms with van der Waals surface area (Å²) in [6.07, 6.45) is 0. The molecule has 0 fully saturated rings. The van der Waals surface area contributed by atoms with Crippen molar-refractivity contribution in [2.75, 3.05) is 11.5 Å². The van der Waals surface area contributed by atoms with Gasteiger partial charge in [-0.05, 0) is 49.2 Å². The highest BCUT2D eigenvalue weighted by atomic mass is 16.5. The number of rotatable bonds is 4. The Morgan fingerprint density at radius 2 is 1.00 bits per heavy atom. The van der Waals surface area contributed by atoms with Crippen molar-refractivity contribution >= 4 is 22.9 Å². The summed E-state index contributed by atoms with van der Waals surface area (Å²) in [5, 5.41) is 21.5. The molecule has 180 valence electrons. The van der Waals surface area contributed by atoms with Gasteiger partial charge in [0.25, 0.3) is 0 Å². The normalized spacial score (nSPS) is 12.2. The van der Waals surface area contributed by atoms with Crippen LogP contribution in [0.4, 0.5) is 11.4 Å². The molecule has 0 aromatic heterocycles.